The van der Waals surface area contributed by atoms with Gasteiger partial charge in [-0.2, -0.15) is 0 Å². The molecule has 0 radical (unpaired) electrons. The van der Waals surface area contributed by atoms with Crippen molar-refractivity contribution in [3.8, 4) is 0 Å². The molecule has 1 N–H and O–H groups in total. The zero-order chi connectivity index (χ0) is 15.8. The van der Waals surface area contributed by atoms with Gasteiger partial charge in [0.2, 0.25) is 0 Å². The van der Waals surface area contributed by atoms with Crippen LogP contribution in [0.25, 0.3) is 0 Å². The van der Waals surface area contributed by atoms with Crippen LogP contribution in [0.15, 0.2) is 24.3 Å². The number of fused-ring (bicyclic) bond motifs is 1. The fourth-order valence-corrected chi connectivity index (χ4v) is 4.52. The van der Waals surface area contributed by atoms with Gasteiger partial charge in [0.1, 0.15) is 0 Å². The predicted molar refractivity (Wildman–Crippen MR) is 93.7 cm³/mol. The first kappa shape index (κ1) is 15.4. The molecule has 0 unspecified atom stereocenters. The molecule has 0 amide bonds. The van der Waals surface area contributed by atoms with Crippen molar-refractivity contribution < 1.29 is 5.11 Å². The molecule has 0 aliphatic carbocycles. The van der Waals surface area contributed by atoms with Gasteiger partial charge >= 0.3 is 0 Å². The first-order valence-corrected chi connectivity index (χ1v) is 9.19. The summed E-state index contributed by atoms with van der Waals surface area (Å²) in [5.41, 5.74) is 2.79. The summed E-state index contributed by atoms with van der Waals surface area (Å²) in [7, 11) is 0. The monoisotopic (exact) mass is 315 g/mol. The molecule has 3 aliphatic heterocycles. The standard InChI is InChI=1S/C19H29N3O/c1-15-11-22-14-19(23)10-18(22)13-21(15)12-16-4-6-17(7-5-16)20-8-2-3-9-20/h4-7,15,18-19,23H,2-3,8-14H2,1H3/t15-,18-,19-/m1/s1. The highest BCUT2D eigenvalue weighted by molar-refractivity contribution is 5.48. The molecule has 4 heteroatoms. The summed E-state index contributed by atoms with van der Waals surface area (Å²) in [6, 6.07) is 10.3. The Balaban J connectivity index is 1.39. The smallest absolute Gasteiger partial charge is 0.0682 e. The van der Waals surface area contributed by atoms with Gasteiger partial charge in [-0.1, -0.05) is 12.1 Å². The Morgan fingerprint density at radius 1 is 1.04 bits per heavy atom. The van der Waals surface area contributed by atoms with E-state index in [1.807, 2.05) is 0 Å². The summed E-state index contributed by atoms with van der Waals surface area (Å²) in [6.45, 7) is 8.82. The number of benzene rings is 1. The molecule has 0 aromatic heterocycles. The molecule has 0 bridgehead atoms. The highest BCUT2D eigenvalue weighted by Gasteiger charge is 2.37. The van der Waals surface area contributed by atoms with Crippen molar-refractivity contribution in [3.05, 3.63) is 29.8 Å². The van der Waals surface area contributed by atoms with Gasteiger partial charge < -0.3 is 10.0 Å². The fourth-order valence-electron chi connectivity index (χ4n) is 4.52. The number of hydrogen-bond acceptors (Lipinski definition) is 4. The van der Waals surface area contributed by atoms with Crippen LogP contribution in [-0.4, -0.2) is 65.8 Å². The largest absolute Gasteiger partial charge is 0.392 e. The second kappa shape index (κ2) is 6.42. The lowest BCUT2D eigenvalue weighted by molar-refractivity contribution is 0.0528. The second-order valence-corrected chi connectivity index (χ2v) is 7.64. The van der Waals surface area contributed by atoms with Crippen LogP contribution in [0.3, 0.4) is 0 Å². The summed E-state index contributed by atoms with van der Waals surface area (Å²) in [4.78, 5) is 7.55. The first-order valence-electron chi connectivity index (χ1n) is 9.19. The Morgan fingerprint density at radius 3 is 2.52 bits per heavy atom. The molecule has 3 fully saturated rings. The zero-order valence-electron chi connectivity index (χ0n) is 14.2. The predicted octanol–water partition coefficient (Wildman–Crippen LogP) is 1.93. The van der Waals surface area contributed by atoms with Crippen LogP contribution in [0.1, 0.15) is 31.7 Å². The van der Waals surface area contributed by atoms with Crippen molar-refractivity contribution in [2.75, 3.05) is 37.6 Å². The minimum Gasteiger partial charge on any atom is -0.392 e. The molecule has 23 heavy (non-hydrogen) atoms. The Hall–Kier alpha value is -1.10. The van der Waals surface area contributed by atoms with E-state index in [2.05, 4.69) is 45.9 Å². The van der Waals surface area contributed by atoms with E-state index in [9.17, 15) is 5.11 Å². The van der Waals surface area contributed by atoms with Gasteiger partial charge in [0.25, 0.3) is 0 Å². The number of anilines is 1. The van der Waals surface area contributed by atoms with Crippen molar-refractivity contribution in [1.82, 2.24) is 9.80 Å². The maximum Gasteiger partial charge on any atom is 0.0682 e. The van der Waals surface area contributed by atoms with E-state index in [0.29, 0.717) is 12.1 Å². The molecule has 4 rings (SSSR count). The van der Waals surface area contributed by atoms with E-state index < -0.39 is 0 Å². The summed E-state index contributed by atoms with van der Waals surface area (Å²) in [5.74, 6) is 0. The minimum atomic E-state index is -0.119. The SMILES string of the molecule is C[C@@H]1CN2C[C@H](O)C[C@@H]2CN1Cc1ccc(N2CCCC2)cc1. The summed E-state index contributed by atoms with van der Waals surface area (Å²) in [5, 5.41) is 9.89. The Kier molecular flexibility index (Phi) is 4.31. The zero-order valence-corrected chi connectivity index (χ0v) is 14.2. The number of aliphatic hydroxyl groups is 1. The van der Waals surface area contributed by atoms with Crippen LogP contribution in [0.2, 0.25) is 0 Å². The lowest BCUT2D eigenvalue weighted by Gasteiger charge is -2.42. The quantitative estimate of drug-likeness (QED) is 0.923. The van der Waals surface area contributed by atoms with Crippen molar-refractivity contribution in [3.63, 3.8) is 0 Å². The lowest BCUT2D eigenvalue weighted by atomic mass is 10.1. The summed E-state index contributed by atoms with van der Waals surface area (Å²) in [6.07, 6.45) is 3.48. The average Bonchev–Trinajstić information content (AvgIpc) is 3.17. The normalized spacial score (nSPS) is 32.4. The van der Waals surface area contributed by atoms with E-state index >= 15 is 0 Å². The maximum atomic E-state index is 9.89. The van der Waals surface area contributed by atoms with Gasteiger partial charge in [-0.15, -0.1) is 0 Å². The highest BCUT2D eigenvalue weighted by Crippen LogP contribution is 2.27. The van der Waals surface area contributed by atoms with E-state index in [0.717, 1.165) is 32.6 Å². The van der Waals surface area contributed by atoms with Gasteiger partial charge in [-0.05, 0) is 43.9 Å². The van der Waals surface area contributed by atoms with Crippen LogP contribution >= 0.6 is 0 Å². The maximum absolute atomic E-state index is 9.89. The molecule has 3 atom stereocenters. The first-order chi connectivity index (χ1) is 11.2. The van der Waals surface area contributed by atoms with Crippen LogP contribution in [-0.2, 0) is 6.54 Å². The van der Waals surface area contributed by atoms with E-state index in [1.54, 1.807) is 0 Å². The van der Waals surface area contributed by atoms with Gasteiger partial charge in [-0.25, -0.2) is 0 Å². The van der Waals surface area contributed by atoms with Crippen molar-refractivity contribution in [1.29, 1.82) is 0 Å². The topological polar surface area (TPSA) is 30.0 Å². The molecular weight excluding hydrogens is 286 g/mol. The van der Waals surface area contributed by atoms with E-state index in [1.165, 1.54) is 37.2 Å². The van der Waals surface area contributed by atoms with Gasteiger partial charge in [-0.3, -0.25) is 9.80 Å². The van der Waals surface area contributed by atoms with Crippen molar-refractivity contribution >= 4 is 5.69 Å². The summed E-state index contributed by atoms with van der Waals surface area (Å²) >= 11 is 0. The highest BCUT2D eigenvalue weighted by atomic mass is 16.3. The van der Waals surface area contributed by atoms with E-state index in [-0.39, 0.29) is 6.10 Å². The van der Waals surface area contributed by atoms with E-state index in [4.69, 9.17) is 0 Å². The molecule has 0 saturated carbocycles. The van der Waals surface area contributed by atoms with Gasteiger partial charge in [0.05, 0.1) is 6.10 Å². The molecule has 3 saturated heterocycles. The van der Waals surface area contributed by atoms with Crippen molar-refractivity contribution in [2.24, 2.45) is 0 Å². The third-order valence-electron chi connectivity index (χ3n) is 5.87. The Bertz CT molecular complexity index is 526. The number of rotatable bonds is 3. The Labute approximate surface area is 139 Å². The third kappa shape index (κ3) is 3.25. The average molecular weight is 315 g/mol. The van der Waals surface area contributed by atoms with Crippen LogP contribution in [0, 0.1) is 0 Å². The van der Waals surface area contributed by atoms with Gasteiger partial charge in [0, 0.05) is 57.0 Å². The molecule has 4 nitrogen and oxygen atoms in total. The molecule has 3 aliphatic rings. The molecule has 3 heterocycles. The number of nitrogens with zero attached hydrogens (tertiary/aromatic N) is 3. The number of piperazine rings is 1. The minimum absolute atomic E-state index is 0.119. The molecular formula is C19H29N3O. The fraction of sp³-hybridized carbons (Fsp3) is 0.684. The Morgan fingerprint density at radius 2 is 1.78 bits per heavy atom. The van der Waals surface area contributed by atoms with Crippen LogP contribution in [0.4, 0.5) is 5.69 Å². The number of hydrogen-bond donors (Lipinski definition) is 1. The van der Waals surface area contributed by atoms with Crippen LogP contribution in [0.5, 0.6) is 0 Å². The van der Waals surface area contributed by atoms with Crippen LogP contribution < -0.4 is 4.90 Å². The molecule has 1 aromatic rings. The third-order valence-corrected chi connectivity index (χ3v) is 5.87. The lowest BCUT2D eigenvalue weighted by Crippen LogP contribution is -2.54. The number of aliphatic hydroxyl groups excluding tert-OH is 1. The van der Waals surface area contributed by atoms with Crippen molar-refractivity contribution in [2.45, 2.75) is 50.9 Å². The molecule has 0 spiro atoms. The molecule has 1 aromatic carbocycles. The van der Waals surface area contributed by atoms with Gasteiger partial charge in [0.15, 0.2) is 0 Å². The summed E-state index contributed by atoms with van der Waals surface area (Å²) < 4.78 is 0. The molecule has 126 valence electrons. The second-order valence-electron chi connectivity index (χ2n) is 7.64.